The molecular formula is C14H15F3N2O2S. The van der Waals surface area contributed by atoms with Crippen molar-refractivity contribution in [3.05, 3.63) is 29.8 Å². The van der Waals surface area contributed by atoms with E-state index < -0.39 is 5.51 Å². The fourth-order valence-electron chi connectivity index (χ4n) is 2.21. The van der Waals surface area contributed by atoms with E-state index in [-0.39, 0.29) is 28.5 Å². The van der Waals surface area contributed by atoms with Gasteiger partial charge in [0, 0.05) is 43.6 Å². The lowest BCUT2D eigenvalue weighted by atomic mass is 10.2. The normalized spacial score (nSPS) is 15.8. The Kier molecular flexibility index (Phi) is 5.00. The number of thioether (sulfide) groups is 1. The van der Waals surface area contributed by atoms with Crippen molar-refractivity contribution >= 4 is 23.6 Å². The molecule has 1 heterocycles. The second-order valence-electron chi connectivity index (χ2n) is 4.87. The highest BCUT2D eigenvalue weighted by molar-refractivity contribution is 8.00. The monoisotopic (exact) mass is 332 g/mol. The van der Waals surface area contributed by atoms with Crippen LogP contribution in [-0.4, -0.2) is 53.3 Å². The van der Waals surface area contributed by atoms with E-state index in [4.69, 9.17) is 0 Å². The molecule has 4 nitrogen and oxygen atoms in total. The van der Waals surface area contributed by atoms with Gasteiger partial charge in [-0.25, -0.2) is 0 Å². The van der Waals surface area contributed by atoms with Crippen molar-refractivity contribution in [1.29, 1.82) is 0 Å². The van der Waals surface area contributed by atoms with Crippen LogP contribution in [0.1, 0.15) is 17.3 Å². The van der Waals surface area contributed by atoms with E-state index in [0.717, 1.165) is 0 Å². The maximum atomic E-state index is 12.3. The lowest BCUT2D eigenvalue weighted by molar-refractivity contribution is -0.130. The molecular weight excluding hydrogens is 317 g/mol. The van der Waals surface area contributed by atoms with Crippen LogP contribution in [0.5, 0.6) is 0 Å². The third kappa shape index (κ3) is 4.40. The lowest BCUT2D eigenvalue weighted by Crippen LogP contribution is -2.50. The van der Waals surface area contributed by atoms with Crippen molar-refractivity contribution in [1.82, 2.24) is 9.80 Å². The van der Waals surface area contributed by atoms with Crippen LogP contribution in [0.2, 0.25) is 0 Å². The molecule has 1 aliphatic heterocycles. The Morgan fingerprint density at radius 1 is 1.00 bits per heavy atom. The number of rotatable bonds is 2. The molecule has 1 aliphatic rings. The first-order valence-corrected chi connectivity index (χ1v) is 7.48. The minimum absolute atomic E-state index is 0.0272. The molecule has 1 fully saturated rings. The summed E-state index contributed by atoms with van der Waals surface area (Å²) >= 11 is -0.209. The van der Waals surface area contributed by atoms with Crippen LogP contribution in [0.4, 0.5) is 13.2 Å². The average molecular weight is 332 g/mol. The summed E-state index contributed by atoms with van der Waals surface area (Å²) in [6.45, 7) is 3.29. The van der Waals surface area contributed by atoms with Gasteiger partial charge in [-0.05, 0) is 36.0 Å². The number of hydrogen-bond acceptors (Lipinski definition) is 3. The van der Waals surface area contributed by atoms with Gasteiger partial charge in [0.05, 0.1) is 0 Å². The second-order valence-corrected chi connectivity index (χ2v) is 6.01. The second kappa shape index (κ2) is 6.60. The van der Waals surface area contributed by atoms with Crippen LogP contribution in [0.15, 0.2) is 29.2 Å². The Morgan fingerprint density at radius 2 is 1.50 bits per heavy atom. The molecule has 0 saturated carbocycles. The number of nitrogens with zero attached hydrogens (tertiary/aromatic N) is 2. The number of amides is 2. The Bertz CT molecular complexity index is 552. The van der Waals surface area contributed by atoms with Crippen molar-refractivity contribution in [2.75, 3.05) is 26.2 Å². The summed E-state index contributed by atoms with van der Waals surface area (Å²) in [6, 6.07) is 5.37. The fraction of sp³-hybridized carbons (Fsp3) is 0.429. The maximum Gasteiger partial charge on any atom is 0.446 e. The SMILES string of the molecule is CC(=O)N1CCN(C(=O)c2ccc(SC(F)(F)F)cc2)CC1. The molecule has 0 aliphatic carbocycles. The van der Waals surface area contributed by atoms with E-state index in [1.807, 2.05) is 0 Å². The van der Waals surface area contributed by atoms with Gasteiger partial charge in [0.1, 0.15) is 0 Å². The maximum absolute atomic E-state index is 12.3. The highest BCUT2D eigenvalue weighted by Gasteiger charge is 2.29. The minimum atomic E-state index is -4.34. The van der Waals surface area contributed by atoms with Gasteiger partial charge in [0.2, 0.25) is 5.91 Å². The van der Waals surface area contributed by atoms with Gasteiger partial charge in [0.15, 0.2) is 0 Å². The van der Waals surface area contributed by atoms with E-state index in [0.29, 0.717) is 31.7 Å². The van der Waals surface area contributed by atoms with Crippen molar-refractivity contribution < 1.29 is 22.8 Å². The smallest absolute Gasteiger partial charge is 0.339 e. The van der Waals surface area contributed by atoms with Crippen LogP contribution in [-0.2, 0) is 4.79 Å². The van der Waals surface area contributed by atoms with Crippen molar-refractivity contribution in [2.24, 2.45) is 0 Å². The summed E-state index contributed by atoms with van der Waals surface area (Å²) in [7, 11) is 0. The zero-order valence-electron chi connectivity index (χ0n) is 11.9. The number of benzene rings is 1. The first kappa shape index (κ1) is 16.7. The molecule has 8 heteroatoms. The molecule has 0 spiro atoms. The Morgan fingerprint density at radius 3 is 1.95 bits per heavy atom. The van der Waals surface area contributed by atoms with Gasteiger partial charge >= 0.3 is 5.51 Å². The van der Waals surface area contributed by atoms with Crippen LogP contribution in [0.25, 0.3) is 0 Å². The first-order valence-electron chi connectivity index (χ1n) is 6.67. The number of hydrogen-bond donors (Lipinski definition) is 0. The standard InChI is InChI=1S/C14H15F3N2O2S/c1-10(20)18-6-8-19(9-7-18)13(21)11-2-4-12(5-3-11)22-14(15,16)17/h2-5H,6-9H2,1H3. The van der Waals surface area contributed by atoms with Crippen molar-refractivity contribution in [2.45, 2.75) is 17.3 Å². The van der Waals surface area contributed by atoms with Gasteiger partial charge in [0.25, 0.3) is 5.91 Å². The van der Waals surface area contributed by atoms with Gasteiger partial charge in [-0.15, -0.1) is 0 Å². The Balaban J connectivity index is 1.97. The first-order chi connectivity index (χ1) is 10.3. The quantitative estimate of drug-likeness (QED) is 0.782. The molecule has 22 heavy (non-hydrogen) atoms. The molecule has 2 rings (SSSR count). The molecule has 0 N–H and O–H groups in total. The van der Waals surface area contributed by atoms with E-state index in [9.17, 15) is 22.8 Å². The number of alkyl halides is 3. The van der Waals surface area contributed by atoms with E-state index in [2.05, 4.69) is 0 Å². The zero-order chi connectivity index (χ0) is 16.3. The van der Waals surface area contributed by atoms with E-state index in [1.54, 1.807) is 9.80 Å². The topological polar surface area (TPSA) is 40.6 Å². The molecule has 1 saturated heterocycles. The molecule has 0 radical (unpaired) electrons. The van der Waals surface area contributed by atoms with Gasteiger partial charge < -0.3 is 9.80 Å². The van der Waals surface area contributed by atoms with Crippen LogP contribution in [0.3, 0.4) is 0 Å². The van der Waals surface area contributed by atoms with Crippen LogP contribution in [0, 0.1) is 0 Å². The lowest BCUT2D eigenvalue weighted by Gasteiger charge is -2.34. The third-order valence-corrected chi connectivity index (χ3v) is 4.09. The van der Waals surface area contributed by atoms with Gasteiger partial charge in [-0.2, -0.15) is 13.2 Å². The number of carbonyl (C=O) groups excluding carboxylic acids is 2. The predicted octanol–water partition coefficient (Wildman–Crippen LogP) is 2.60. The van der Waals surface area contributed by atoms with Gasteiger partial charge in [-0.3, -0.25) is 9.59 Å². The molecule has 120 valence electrons. The summed E-state index contributed by atoms with van der Waals surface area (Å²) in [4.78, 5) is 26.8. The molecule has 0 bridgehead atoms. The predicted molar refractivity (Wildman–Crippen MR) is 76.5 cm³/mol. The molecule has 1 aromatic carbocycles. The highest BCUT2D eigenvalue weighted by Crippen LogP contribution is 2.36. The van der Waals surface area contributed by atoms with Gasteiger partial charge in [-0.1, -0.05) is 0 Å². The van der Waals surface area contributed by atoms with E-state index in [1.165, 1.54) is 31.2 Å². The van der Waals surface area contributed by atoms with E-state index >= 15 is 0 Å². The molecule has 0 atom stereocenters. The number of piperazine rings is 1. The molecule has 2 amide bonds. The highest BCUT2D eigenvalue weighted by atomic mass is 32.2. The summed E-state index contributed by atoms with van der Waals surface area (Å²) in [6.07, 6.45) is 0. The zero-order valence-corrected chi connectivity index (χ0v) is 12.7. The molecule has 0 aromatic heterocycles. The Hall–Kier alpha value is -1.70. The van der Waals surface area contributed by atoms with Crippen molar-refractivity contribution in [3.8, 4) is 0 Å². The minimum Gasteiger partial charge on any atom is -0.339 e. The van der Waals surface area contributed by atoms with Crippen molar-refractivity contribution in [3.63, 3.8) is 0 Å². The molecule has 1 aromatic rings. The Labute approximate surface area is 130 Å². The van der Waals surface area contributed by atoms with Crippen LogP contribution >= 0.6 is 11.8 Å². The summed E-state index contributed by atoms with van der Waals surface area (Å²) in [5, 5.41) is 0. The summed E-state index contributed by atoms with van der Waals surface area (Å²) in [5.41, 5.74) is -3.99. The third-order valence-electron chi connectivity index (χ3n) is 3.35. The molecule has 0 unspecified atom stereocenters. The average Bonchev–Trinajstić information content (AvgIpc) is 2.46. The fourth-order valence-corrected chi connectivity index (χ4v) is 2.75. The number of carbonyl (C=O) groups is 2. The number of halogens is 3. The largest absolute Gasteiger partial charge is 0.446 e. The summed E-state index contributed by atoms with van der Waals surface area (Å²) in [5.74, 6) is -0.257. The summed E-state index contributed by atoms with van der Waals surface area (Å²) < 4.78 is 36.7. The van der Waals surface area contributed by atoms with Crippen LogP contribution < -0.4 is 0 Å².